The Morgan fingerprint density at radius 3 is 2.27 bits per heavy atom. The first-order chi connectivity index (χ1) is 10.5. The molecule has 1 atom stereocenters. The van der Waals surface area contributed by atoms with Gasteiger partial charge in [-0.25, -0.2) is 12.7 Å². The minimum atomic E-state index is -3.27. The third-order valence-corrected chi connectivity index (χ3v) is 8.13. The van der Waals surface area contributed by atoms with Crippen LogP contribution in [0.5, 0.6) is 0 Å². The maximum Gasteiger partial charge on any atom is 0.225 e. The highest BCUT2D eigenvalue weighted by atomic mass is 32.2. The SMILES string of the molecule is CN(C1CCC1)S(=O)(=O)C1CCCN(C(=O)C2CCCC2)C1. The lowest BCUT2D eigenvalue weighted by Gasteiger charge is -2.39. The molecule has 6 heteroatoms. The van der Waals surface area contributed by atoms with Crippen LogP contribution in [0.3, 0.4) is 0 Å². The molecule has 5 nitrogen and oxygen atoms in total. The summed E-state index contributed by atoms with van der Waals surface area (Å²) in [6.45, 7) is 1.13. The van der Waals surface area contributed by atoms with Crippen LogP contribution in [0.2, 0.25) is 0 Å². The molecule has 0 aromatic rings. The first-order valence-corrected chi connectivity index (χ1v) is 10.3. The Morgan fingerprint density at radius 2 is 1.68 bits per heavy atom. The molecule has 1 saturated heterocycles. The lowest BCUT2D eigenvalue weighted by molar-refractivity contribution is -0.136. The van der Waals surface area contributed by atoms with E-state index in [4.69, 9.17) is 0 Å². The van der Waals surface area contributed by atoms with Crippen LogP contribution in [0.15, 0.2) is 0 Å². The van der Waals surface area contributed by atoms with Crippen LogP contribution in [0.1, 0.15) is 57.8 Å². The van der Waals surface area contributed by atoms with Crippen molar-refractivity contribution in [2.45, 2.75) is 69.1 Å². The fraction of sp³-hybridized carbons (Fsp3) is 0.938. The van der Waals surface area contributed by atoms with Gasteiger partial charge in [0.2, 0.25) is 15.9 Å². The monoisotopic (exact) mass is 328 g/mol. The van der Waals surface area contributed by atoms with Gasteiger partial charge in [0.25, 0.3) is 0 Å². The average molecular weight is 328 g/mol. The van der Waals surface area contributed by atoms with Gasteiger partial charge in [-0.2, -0.15) is 0 Å². The molecule has 1 aliphatic heterocycles. The van der Waals surface area contributed by atoms with Gasteiger partial charge in [-0.05, 0) is 38.5 Å². The van der Waals surface area contributed by atoms with Crippen molar-refractivity contribution >= 4 is 15.9 Å². The first kappa shape index (κ1) is 16.2. The van der Waals surface area contributed by atoms with Crippen molar-refractivity contribution in [1.82, 2.24) is 9.21 Å². The third kappa shape index (κ3) is 3.04. The summed E-state index contributed by atoms with van der Waals surface area (Å²) in [5.74, 6) is 0.342. The molecule has 0 radical (unpaired) electrons. The highest BCUT2D eigenvalue weighted by molar-refractivity contribution is 7.89. The molecule has 0 spiro atoms. The summed E-state index contributed by atoms with van der Waals surface area (Å²) in [5.41, 5.74) is 0. The first-order valence-electron chi connectivity index (χ1n) is 8.76. The van der Waals surface area contributed by atoms with E-state index < -0.39 is 15.3 Å². The number of nitrogens with zero attached hydrogens (tertiary/aromatic N) is 2. The van der Waals surface area contributed by atoms with Gasteiger partial charge in [-0.15, -0.1) is 0 Å². The molecule has 1 heterocycles. The zero-order chi connectivity index (χ0) is 15.7. The summed E-state index contributed by atoms with van der Waals surface area (Å²) in [6, 6.07) is 0.186. The molecular formula is C16H28N2O3S. The van der Waals surface area contributed by atoms with Crippen molar-refractivity contribution in [2.24, 2.45) is 5.92 Å². The lowest BCUT2D eigenvalue weighted by atomic mass is 9.93. The van der Waals surface area contributed by atoms with Gasteiger partial charge in [0.05, 0.1) is 5.25 Å². The van der Waals surface area contributed by atoms with Gasteiger partial charge in [0, 0.05) is 32.1 Å². The summed E-state index contributed by atoms with van der Waals surface area (Å²) in [7, 11) is -1.55. The second-order valence-corrected chi connectivity index (χ2v) is 9.45. The van der Waals surface area contributed by atoms with Crippen LogP contribution >= 0.6 is 0 Å². The van der Waals surface area contributed by atoms with E-state index in [-0.39, 0.29) is 17.9 Å². The van der Waals surface area contributed by atoms with Crippen molar-refractivity contribution in [3.63, 3.8) is 0 Å². The number of likely N-dealkylation sites (tertiary alicyclic amines) is 1. The summed E-state index contributed by atoms with van der Waals surface area (Å²) in [5, 5.41) is -0.405. The molecule has 3 fully saturated rings. The maximum atomic E-state index is 12.8. The number of piperidine rings is 1. The van der Waals surface area contributed by atoms with Crippen molar-refractivity contribution in [3.05, 3.63) is 0 Å². The zero-order valence-electron chi connectivity index (χ0n) is 13.5. The van der Waals surface area contributed by atoms with E-state index in [0.29, 0.717) is 13.0 Å². The molecule has 2 aliphatic carbocycles. The Labute approximate surface area is 134 Å². The van der Waals surface area contributed by atoms with E-state index in [1.165, 1.54) is 0 Å². The summed E-state index contributed by atoms with van der Waals surface area (Å²) in [4.78, 5) is 14.4. The minimum absolute atomic E-state index is 0.144. The molecular weight excluding hydrogens is 300 g/mol. The van der Waals surface area contributed by atoms with Crippen molar-refractivity contribution in [3.8, 4) is 0 Å². The Balaban J connectivity index is 1.65. The number of hydrogen-bond donors (Lipinski definition) is 0. The largest absolute Gasteiger partial charge is 0.341 e. The summed E-state index contributed by atoms with van der Waals surface area (Å²) in [6.07, 6.45) is 8.81. The van der Waals surface area contributed by atoms with Gasteiger partial charge >= 0.3 is 0 Å². The summed E-state index contributed by atoms with van der Waals surface area (Å²) >= 11 is 0. The van der Waals surface area contributed by atoms with Crippen molar-refractivity contribution in [2.75, 3.05) is 20.1 Å². The molecule has 0 N–H and O–H groups in total. The van der Waals surface area contributed by atoms with Crippen LogP contribution in [0, 0.1) is 5.92 Å². The molecule has 1 unspecified atom stereocenters. The molecule has 0 aromatic heterocycles. The highest BCUT2D eigenvalue weighted by Crippen LogP contribution is 2.31. The Kier molecular flexibility index (Phi) is 4.78. The van der Waals surface area contributed by atoms with E-state index in [0.717, 1.165) is 57.9 Å². The standard InChI is InChI=1S/C16H28N2O3S/c1-17(14-8-4-9-14)22(20,21)15-10-5-11-18(12-15)16(19)13-6-2-3-7-13/h13-15H,2-12H2,1H3. The van der Waals surface area contributed by atoms with Crippen LogP contribution < -0.4 is 0 Å². The molecule has 1 amide bonds. The average Bonchev–Trinajstić information content (AvgIpc) is 2.99. The quantitative estimate of drug-likeness (QED) is 0.793. The number of hydrogen-bond acceptors (Lipinski definition) is 3. The van der Waals surface area contributed by atoms with E-state index in [2.05, 4.69) is 0 Å². The predicted molar refractivity (Wildman–Crippen MR) is 85.9 cm³/mol. The molecule has 3 rings (SSSR count). The van der Waals surface area contributed by atoms with Crippen LogP contribution in [0.25, 0.3) is 0 Å². The topological polar surface area (TPSA) is 57.7 Å². The van der Waals surface area contributed by atoms with Crippen LogP contribution in [-0.4, -0.2) is 55.0 Å². The Bertz CT molecular complexity index is 509. The molecule has 126 valence electrons. The highest BCUT2D eigenvalue weighted by Gasteiger charge is 2.40. The fourth-order valence-electron chi connectivity index (χ4n) is 4.01. The molecule has 3 aliphatic rings. The Morgan fingerprint density at radius 1 is 1.00 bits per heavy atom. The van der Waals surface area contributed by atoms with Gasteiger partial charge < -0.3 is 4.90 Å². The smallest absolute Gasteiger partial charge is 0.225 e. The van der Waals surface area contributed by atoms with Crippen molar-refractivity contribution < 1.29 is 13.2 Å². The zero-order valence-corrected chi connectivity index (χ0v) is 14.4. The van der Waals surface area contributed by atoms with E-state index in [1.807, 2.05) is 4.90 Å². The minimum Gasteiger partial charge on any atom is -0.341 e. The Hall–Kier alpha value is -0.620. The second-order valence-electron chi connectivity index (χ2n) is 7.18. The summed E-state index contributed by atoms with van der Waals surface area (Å²) < 4.78 is 27.2. The van der Waals surface area contributed by atoms with Gasteiger partial charge in [-0.1, -0.05) is 19.3 Å². The number of amides is 1. The van der Waals surface area contributed by atoms with Crippen LogP contribution in [0.4, 0.5) is 0 Å². The maximum absolute atomic E-state index is 12.8. The van der Waals surface area contributed by atoms with E-state index >= 15 is 0 Å². The lowest BCUT2D eigenvalue weighted by Crippen LogP contribution is -2.52. The molecule has 2 saturated carbocycles. The predicted octanol–water partition coefficient (Wildman–Crippen LogP) is 1.98. The van der Waals surface area contributed by atoms with E-state index in [1.54, 1.807) is 11.4 Å². The molecule has 22 heavy (non-hydrogen) atoms. The van der Waals surface area contributed by atoms with Gasteiger partial charge in [0.1, 0.15) is 0 Å². The second kappa shape index (κ2) is 6.48. The third-order valence-electron chi connectivity index (χ3n) is 5.81. The fourth-order valence-corrected chi connectivity index (χ4v) is 5.94. The van der Waals surface area contributed by atoms with Gasteiger partial charge in [0.15, 0.2) is 0 Å². The number of carbonyl (C=O) groups excluding carboxylic acids is 1. The number of carbonyl (C=O) groups is 1. The molecule has 0 bridgehead atoms. The van der Waals surface area contributed by atoms with Gasteiger partial charge in [-0.3, -0.25) is 4.79 Å². The number of sulfonamides is 1. The normalized spacial score (nSPS) is 28.1. The van der Waals surface area contributed by atoms with Crippen molar-refractivity contribution in [1.29, 1.82) is 0 Å². The molecule has 0 aromatic carbocycles. The van der Waals surface area contributed by atoms with E-state index in [9.17, 15) is 13.2 Å². The van der Waals surface area contributed by atoms with Crippen LogP contribution in [-0.2, 0) is 14.8 Å². The number of rotatable bonds is 4.